The van der Waals surface area contributed by atoms with Gasteiger partial charge >= 0.3 is 0 Å². The van der Waals surface area contributed by atoms with Crippen molar-refractivity contribution in [2.75, 3.05) is 0 Å². The van der Waals surface area contributed by atoms with Gasteiger partial charge in [0.2, 0.25) is 0 Å². The molecule has 0 unspecified atom stereocenters. The number of carbonyl (C=O) groups excluding carboxylic acids is 1. The first-order valence-electron chi connectivity index (χ1n) is 9.43. The minimum Gasteiger partial charge on any atom is -0.451 e. The van der Waals surface area contributed by atoms with Crippen LogP contribution in [0.5, 0.6) is 0 Å². The van der Waals surface area contributed by atoms with Crippen LogP contribution in [0, 0.1) is 23.7 Å². The van der Waals surface area contributed by atoms with Crippen molar-refractivity contribution >= 4 is 29.1 Å². The second-order valence-corrected chi connectivity index (χ2v) is 8.98. The topological polar surface area (TPSA) is 42.2 Å². The Morgan fingerprint density at radius 1 is 0.962 bits per heavy atom. The third-order valence-corrected chi connectivity index (χ3v) is 7.39. The maximum absolute atomic E-state index is 12.8. The average Bonchev–Trinajstić information content (AvgIpc) is 3.10. The molecular formula is C21H21Cl2NO2. The molecule has 5 heteroatoms. The Morgan fingerprint density at radius 2 is 1.65 bits per heavy atom. The predicted molar refractivity (Wildman–Crippen MR) is 102 cm³/mol. The molecule has 0 atom stereocenters. The Labute approximate surface area is 163 Å². The average molecular weight is 390 g/mol. The van der Waals surface area contributed by atoms with Crippen LogP contribution >= 0.6 is 23.2 Å². The van der Waals surface area contributed by atoms with E-state index in [0.717, 1.165) is 11.8 Å². The molecule has 4 bridgehead atoms. The van der Waals surface area contributed by atoms with Gasteiger partial charge in [-0.1, -0.05) is 29.3 Å². The lowest BCUT2D eigenvalue weighted by Crippen LogP contribution is -2.55. The molecule has 3 nitrogen and oxygen atoms in total. The molecule has 2 aromatic rings. The van der Waals surface area contributed by atoms with Crippen LogP contribution in [0.3, 0.4) is 0 Å². The number of halogens is 2. The Hall–Kier alpha value is -1.45. The molecule has 136 valence electrons. The summed E-state index contributed by atoms with van der Waals surface area (Å²) < 4.78 is 5.81. The Balaban J connectivity index is 1.34. The molecule has 0 spiro atoms. The van der Waals surface area contributed by atoms with Gasteiger partial charge in [-0.2, -0.15) is 0 Å². The van der Waals surface area contributed by atoms with Gasteiger partial charge < -0.3 is 9.73 Å². The zero-order chi connectivity index (χ0) is 17.8. The van der Waals surface area contributed by atoms with Crippen molar-refractivity contribution in [2.24, 2.45) is 23.7 Å². The van der Waals surface area contributed by atoms with Gasteiger partial charge in [0.25, 0.3) is 5.91 Å². The van der Waals surface area contributed by atoms with Crippen molar-refractivity contribution in [3.8, 4) is 11.3 Å². The Bertz CT molecular complexity index is 831. The van der Waals surface area contributed by atoms with Crippen molar-refractivity contribution in [3.05, 3.63) is 46.1 Å². The smallest absolute Gasteiger partial charge is 0.287 e. The third kappa shape index (κ3) is 2.76. The van der Waals surface area contributed by atoms with E-state index in [1.54, 1.807) is 18.2 Å². The van der Waals surface area contributed by atoms with Crippen LogP contribution in [0.15, 0.2) is 34.7 Å². The van der Waals surface area contributed by atoms with Crippen LogP contribution in [0.2, 0.25) is 10.0 Å². The second kappa shape index (κ2) is 6.31. The number of furan rings is 1. The molecule has 4 aliphatic carbocycles. The number of benzene rings is 1. The zero-order valence-electron chi connectivity index (χ0n) is 14.4. The molecular weight excluding hydrogens is 369 g/mol. The summed E-state index contributed by atoms with van der Waals surface area (Å²) >= 11 is 12.3. The van der Waals surface area contributed by atoms with E-state index < -0.39 is 0 Å². The maximum atomic E-state index is 12.8. The fourth-order valence-electron chi connectivity index (χ4n) is 5.68. The van der Waals surface area contributed by atoms with Gasteiger partial charge in [0.1, 0.15) is 5.76 Å². The highest BCUT2D eigenvalue weighted by Crippen LogP contribution is 2.53. The molecule has 0 radical (unpaired) electrons. The molecule has 26 heavy (non-hydrogen) atoms. The molecule has 1 N–H and O–H groups in total. The lowest BCUT2D eigenvalue weighted by atomic mass is 9.54. The van der Waals surface area contributed by atoms with Crippen LogP contribution in [0.1, 0.15) is 42.7 Å². The van der Waals surface area contributed by atoms with Crippen molar-refractivity contribution in [1.29, 1.82) is 0 Å². The van der Waals surface area contributed by atoms with Crippen molar-refractivity contribution < 1.29 is 9.21 Å². The standard InChI is InChI=1S/C21H21Cl2NO2/c22-16-3-1-2-15(19(16)23)17-4-5-18(26-17)21(25)24-20-13-7-11-6-12(9-13)10-14(20)8-11/h1-5,11-14,20H,6-10H2,(H,24,25). The number of nitrogens with one attached hydrogen (secondary N) is 1. The van der Waals surface area contributed by atoms with E-state index in [2.05, 4.69) is 5.32 Å². The number of carbonyl (C=O) groups is 1. The molecule has 6 rings (SSSR count). The molecule has 4 saturated carbocycles. The van der Waals surface area contributed by atoms with Gasteiger partial charge in [0.15, 0.2) is 5.76 Å². The molecule has 1 amide bonds. The molecule has 1 heterocycles. The summed E-state index contributed by atoms with van der Waals surface area (Å²) in [5.74, 6) is 3.86. The molecule has 1 aromatic heterocycles. The van der Waals surface area contributed by atoms with Crippen LogP contribution in [0.4, 0.5) is 0 Å². The summed E-state index contributed by atoms with van der Waals surface area (Å²) in [4.78, 5) is 12.8. The highest BCUT2D eigenvalue weighted by molar-refractivity contribution is 6.43. The van der Waals surface area contributed by atoms with Crippen molar-refractivity contribution in [3.63, 3.8) is 0 Å². The second-order valence-electron chi connectivity index (χ2n) is 8.20. The van der Waals surface area contributed by atoms with Gasteiger partial charge in [-0.25, -0.2) is 0 Å². The van der Waals surface area contributed by atoms with Gasteiger partial charge in [0, 0.05) is 11.6 Å². The minimum absolute atomic E-state index is 0.119. The largest absolute Gasteiger partial charge is 0.451 e. The number of hydrogen-bond donors (Lipinski definition) is 1. The molecule has 4 aliphatic rings. The monoisotopic (exact) mass is 389 g/mol. The first kappa shape index (κ1) is 16.7. The fourth-order valence-corrected chi connectivity index (χ4v) is 6.08. The van der Waals surface area contributed by atoms with E-state index in [0.29, 0.717) is 45.0 Å². The maximum Gasteiger partial charge on any atom is 0.287 e. The predicted octanol–water partition coefficient (Wildman–Crippen LogP) is 5.81. The quantitative estimate of drug-likeness (QED) is 0.719. The van der Waals surface area contributed by atoms with Crippen LogP contribution in [-0.2, 0) is 0 Å². The Morgan fingerprint density at radius 3 is 2.35 bits per heavy atom. The summed E-state index contributed by atoms with van der Waals surface area (Å²) in [5.41, 5.74) is 0.702. The molecule has 1 aromatic carbocycles. The van der Waals surface area contributed by atoms with E-state index in [-0.39, 0.29) is 5.91 Å². The summed E-state index contributed by atoms with van der Waals surface area (Å²) in [7, 11) is 0. The van der Waals surface area contributed by atoms with Crippen LogP contribution < -0.4 is 5.32 Å². The highest BCUT2D eigenvalue weighted by atomic mass is 35.5. The van der Waals surface area contributed by atoms with E-state index in [4.69, 9.17) is 27.6 Å². The van der Waals surface area contributed by atoms with Gasteiger partial charge in [-0.05, 0) is 80.0 Å². The first-order valence-corrected chi connectivity index (χ1v) is 10.2. The normalized spacial score (nSPS) is 32.0. The number of rotatable bonds is 3. The third-order valence-electron chi connectivity index (χ3n) is 6.57. The van der Waals surface area contributed by atoms with E-state index >= 15 is 0 Å². The van der Waals surface area contributed by atoms with Crippen LogP contribution in [0.25, 0.3) is 11.3 Å². The van der Waals surface area contributed by atoms with Gasteiger partial charge in [-0.15, -0.1) is 0 Å². The summed E-state index contributed by atoms with van der Waals surface area (Å²) in [5, 5.41) is 4.19. The van der Waals surface area contributed by atoms with Crippen LogP contribution in [-0.4, -0.2) is 11.9 Å². The minimum atomic E-state index is -0.119. The highest BCUT2D eigenvalue weighted by Gasteiger charge is 2.48. The SMILES string of the molecule is O=C(NC1C2CC3CC(C2)CC1C3)c1ccc(-c2cccc(Cl)c2Cl)o1. The first-order chi connectivity index (χ1) is 12.6. The van der Waals surface area contributed by atoms with Crippen molar-refractivity contribution in [2.45, 2.75) is 38.1 Å². The number of amides is 1. The van der Waals surface area contributed by atoms with E-state index in [9.17, 15) is 4.79 Å². The molecule has 4 fully saturated rings. The van der Waals surface area contributed by atoms with Gasteiger partial charge in [-0.3, -0.25) is 4.79 Å². The van der Waals surface area contributed by atoms with E-state index in [1.807, 2.05) is 12.1 Å². The van der Waals surface area contributed by atoms with Gasteiger partial charge in [0.05, 0.1) is 10.0 Å². The summed E-state index contributed by atoms with van der Waals surface area (Å²) in [6.45, 7) is 0. The fraction of sp³-hybridized carbons (Fsp3) is 0.476. The molecule has 0 saturated heterocycles. The summed E-state index contributed by atoms with van der Waals surface area (Å²) in [6, 6.07) is 9.20. The lowest BCUT2D eigenvalue weighted by molar-refractivity contribution is -0.0122. The lowest BCUT2D eigenvalue weighted by Gasteiger charge is -2.54. The zero-order valence-corrected chi connectivity index (χ0v) is 15.9. The molecule has 0 aliphatic heterocycles. The number of hydrogen-bond acceptors (Lipinski definition) is 2. The Kier molecular flexibility index (Phi) is 4.06. The van der Waals surface area contributed by atoms with E-state index in [1.165, 1.54) is 32.1 Å². The van der Waals surface area contributed by atoms with Crippen molar-refractivity contribution in [1.82, 2.24) is 5.32 Å². The summed E-state index contributed by atoms with van der Waals surface area (Å²) in [6.07, 6.45) is 6.52.